The lowest BCUT2D eigenvalue weighted by molar-refractivity contribution is -0.146. The van der Waals surface area contributed by atoms with E-state index in [4.69, 9.17) is 9.47 Å². The Bertz CT molecular complexity index is 356. The SMILES string of the molecule is COC(=O)[C@@]1(NC(=O)OC(C)(C)C)C=CCCC1. The van der Waals surface area contributed by atoms with Crippen molar-refractivity contribution in [1.29, 1.82) is 0 Å². The zero-order chi connectivity index (χ0) is 13.8. The van der Waals surface area contributed by atoms with Gasteiger partial charge in [0.1, 0.15) is 5.60 Å². The molecule has 1 amide bonds. The number of methoxy groups -OCH3 is 1. The first-order valence-electron chi connectivity index (χ1n) is 6.06. The lowest BCUT2D eigenvalue weighted by Crippen LogP contribution is -2.55. The number of carbonyl (C=O) groups is 2. The van der Waals surface area contributed by atoms with E-state index in [0.29, 0.717) is 6.42 Å². The van der Waals surface area contributed by atoms with Gasteiger partial charge in [0.05, 0.1) is 7.11 Å². The predicted molar refractivity (Wildman–Crippen MR) is 67.1 cm³/mol. The molecule has 0 saturated carbocycles. The van der Waals surface area contributed by atoms with Crippen molar-refractivity contribution in [3.05, 3.63) is 12.2 Å². The summed E-state index contributed by atoms with van der Waals surface area (Å²) in [5, 5.41) is 2.62. The van der Waals surface area contributed by atoms with Gasteiger partial charge in [0.2, 0.25) is 0 Å². The van der Waals surface area contributed by atoms with Crippen LogP contribution in [0.4, 0.5) is 4.79 Å². The summed E-state index contributed by atoms with van der Waals surface area (Å²) in [6.45, 7) is 5.32. The Morgan fingerprint density at radius 2 is 2.00 bits per heavy atom. The average Bonchev–Trinajstić information content (AvgIpc) is 2.26. The zero-order valence-corrected chi connectivity index (χ0v) is 11.4. The van der Waals surface area contributed by atoms with Crippen LogP contribution in [0, 0.1) is 0 Å². The molecular weight excluding hydrogens is 234 g/mol. The molecule has 0 radical (unpaired) electrons. The summed E-state index contributed by atoms with van der Waals surface area (Å²) in [4.78, 5) is 23.6. The summed E-state index contributed by atoms with van der Waals surface area (Å²) in [7, 11) is 1.31. The molecule has 0 aromatic carbocycles. The van der Waals surface area contributed by atoms with Crippen molar-refractivity contribution < 1.29 is 19.1 Å². The minimum atomic E-state index is -1.09. The maximum Gasteiger partial charge on any atom is 0.408 e. The van der Waals surface area contributed by atoms with Crippen LogP contribution in [-0.2, 0) is 14.3 Å². The van der Waals surface area contributed by atoms with Crippen molar-refractivity contribution in [2.75, 3.05) is 7.11 Å². The Hall–Kier alpha value is -1.52. The van der Waals surface area contributed by atoms with Crippen molar-refractivity contribution in [3.8, 4) is 0 Å². The van der Waals surface area contributed by atoms with E-state index in [1.54, 1.807) is 26.8 Å². The maximum atomic E-state index is 11.8. The fourth-order valence-corrected chi connectivity index (χ4v) is 1.86. The molecule has 0 aliphatic heterocycles. The predicted octanol–water partition coefficient (Wildman–Crippen LogP) is 2.16. The molecule has 0 aromatic rings. The van der Waals surface area contributed by atoms with E-state index in [0.717, 1.165) is 12.8 Å². The van der Waals surface area contributed by atoms with Crippen molar-refractivity contribution in [3.63, 3.8) is 0 Å². The molecule has 1 aliphatic carbocycles. The second-order valence-corrected chi connectivity index (χ2v) is 5.38. The van der Waals surface area contributed by atoms with Crippen LogP contribution in [0.25, 0.3) is 0 Å². The molecule has 18 heavy (non-hydrogen) atoms. The molecule has 1 rings (SSSR count). The van der Waals surface area contributed by atoms with Crippen molar-refractivity contribution in [2.45, 2.75) is 51.2 Å². The van der Waals surface area contributed by atoms with Gasteiger partial charge in [0, 0.05) is 0 Å². The van der Waals surface area contributed by atoms with Crippen LogP contribution in [0.2, 0.25) is 0 Å². The number of rotatable bonds is 2. The van der Waals surface area contributed by atoms with Gasteiger partial charge >= 0.3 is 12.1 Å². The first-order valence-corrected chi connectivity index (χ1v) is 6.06. The average molecular weight is 255 g/mol. The molecule has 0 fully saturated rings. The number of hydrogen-bond acceptors (Lipinski definition) is 4. The zero-order valence-electron chi connectivity index (χ0n) is 11.4. The van der Waals surface area contributed by atoms with Crippen LogP contribution in [-0.4, -0.2) is 30.3 Å². The number of hydrogen-bond donors (Lipinski definition) is 1. The topological polar surface area (TPSA) is 64.6 Å². The van der Waals surface area contributed by atoms with Crippen molar-refractivity contribution in [1.82, 2.24) is 5.32 Å². The highest BCUT2D eigenvalue weighted by Gasteiger charge is 2.40. The molecule has 0 heterocycles. The highest BCUT2D eigenvalue weighted by Crippen LogP contribution is 2.24. The standard InChI is InChI=1S/C13H21NO4/c1-12(2,3)18-11(16)14-13(10(15)17-4)8-6-5-7-9-13/h6,8H,5,7,9H2,1-4H3,(H,14,16)/t13-/m1/s1. The van der Waals surface area contributed by atoms with Crippen LogP contribution in [0.5, 0.6) is 0 Å². The summed E-state index contributed by atoms with van der Waals surface area (Å²) >= 11 is 0. The first-order chi connectivity index (χ1) is 8.29. The normalized spacial score (nSPS) is 23.3. The number of esters is 1. The number of allylic oxidation sites excluding steroid dienone is 1. The number of nitrogens with one attached hydrogen (secondary N) is 1. The van der Waals surface area contributed by atoms with Crippen LogP contribution in [0.3, 0.4) is 0 Å². The Morgan fingerprint density at radius 1 is 1.33 bits per heavy atom. The van der Waals surface area contributed by atoms with E-state index in [1.165, 1.54) is 7.11 Å². The van der Waals surface area contributed by atoms with Gasteiger partial charge in [-0.15, -0.1) is 0 Å². The van der Waals surface area contributed by atoms with Gasteiger partial charge in [-0.1, -0.05) is 12.2 Å². The molecule has 0 bridgehead atoms. The van der Waals surface area contributed by atoms with Gasteiger partial charge in [-0.2, -0.15) is 0 Å². The highest BCUT2D eigenvalue weighted by atomic mass is 16.6. The Morgan fingerprint density at radius 3 is 2.44 bits per heavy atom. The largest absolute Gasteiger partial charge is 0.467 e. The molecule has 1 N–H and O–H groups in total. The highest BCUT2D eigenvalue weighted by molar-refractivity contribution is 5.88. The summed E-state index contributed by atoms with van der Waals surface area (Å²) in [5.41, 5.74) is -1.69. The van der Waals surface area contributed by atoms with Crippen LogP contribution >= 0.6 is 0 Å². The van der Waals surface area contributed by atoms with E-state index in [9.17, 15) is 9.59 Å². The molecular formula is C13H21NO4. The second kappa shape index (κ2) is 5.42. The maximum absolute atomic E-state index is 11.8. The molecule has 0 aromatic heterocycles. The van der Waals surface area contributed by atoms with Crippen molar-refractivity contribution >= 4 is 12.1 Å². The molecule has 5 heteroatoms. The molecule has 0 saturated heterocycles. The minimum Gasteiger partial charge on any atom is -0.467 e. The van der Waals surface area contributed by atoms with E-state index in [-0.39, 0.29) is 0 Å². The Labute approximate surface area is 108 Å². The van der Waals surface area contributed by atoms with Gasteiger partial charge < -0.3 is 14.8 Å². The first kappa shape index (κ1) is 14.5. The fourth-order valence-electron chi connectivity index (χ4n) is 1.86. The van der Waals surface area contributed by atoms with E-state index < -0.39 is 23.2 Å². The van der Waals surface area contributed by atoms with E-state index >= 15 is 0 Å². The number of alkyl carbamates (subject to hydrolysis) is 1. The summed E-state index contributed by atoms with van der Waals surface area (Å²) < 4.78 is 9.93. The fraction of sp³-hybridized carbons (Fsp3) is 0.692. The molecule has 0 spiro atoms. The van der Waals surface area contributed by atoms with Gasteiger partial charge in [0.25, 0.3) is 0 Å². The molecule has 0 unspecified atom stereocenters. The lowest BCUT2D eigenvalue weighted by atomic mass is 9.87. The monoisotopic (exact) mass is 255 g/mol. The van der Waals surface area contributed by atoms with Gasteiger partial charge in [-0.3, -0.25) is 0 Å². The van der Waals surface area contributed by atoms with Gasteiger partial charge in [-0.05, 0) is 40.0 Å². The van der Waals surface area contributed by atoms with Gasteiger partial charge in [0.15, 0.2) is 5.54 Å². The molecule has 5 nitrogen and oxygen atoms in total. The Kier molecular flexibility index (Phi) is 4.38. The second-order valence-electron chi connectivity index (χ2n) is 5.38. The summed E-state index contributed by atoms with van der Waals surface area (Å²) in [5.74, 6) is -0.468. The molecule has 1 atom stereocenters. The third-order valence-electron chi connectivity index (χ3n) is 2.62. The quantitative estimate of drug-likeness (QED) is 0.606. The smallest absolute Gasteiger partial charge is 0.408 e. The molecule has 102 valence electrons. The summed E-state index contributed by atoms with van der Waals surface area (Å²) in [6.07, 6.45) is 5.19. The van der Waals surface area contributed by atoms with Crippen molar-refractivity contribution in [2.24, 2.45) is 0 Å². The number of amides is 1. The van der Waals surface area contributed by atoms with Gasteiger partial charge in [-0.25, -0.2) is 9.59 Å². The number of carbonyl (C=O) groups excluding carboxylic acids is 2. The molecule has 1 aliphatic rings. The summed E-state index contributed by atoms with van der Waals surface area (Å²) in [6, 6.07) is 0. The third-order valence-corrected chi connectivity index (χ3v) is 2.62. The van der Waals surface area contributed by atoms with Crippen LogP contribution < -0.4 is 5.32 Å². The van der Waals surface area contributed by atoms with E-state index in [2.05, 4.69) is 5.32 Å². The third kappa shape index (κ3) is 3.75. The van der Waals surface area contributed by atoms with Crippen LogP contribution in [0.15, 0.2) is 12.2 Å². The minimum absolute atomic E-state index is 0.468. The van der Waals surface area contributed by atoms with Crippen LogP contribution in [0.1, 0.15) is 40.0 Å². The number of ether oxygens (including phenoxy) is 2. The Balaban J connectivity index is 2.80. The lowest BCUT2D eigenvalue weighted by Gasteiger charge is -2.32. The van der Waals surface area contributed by atoms with E-state index in [1.807, 2.05) is 6.08 Å².